The molecule has 15 heavy (non-hydrogen) atoms. The fourth-order valence-electron chi connectivity index (χ4n) is 1.37. The van der Waals surface area contributed by atoms with Gasteiger partial charge in [0, 0.05) is 0 Å². The molecule has 2 unspecified atom stereocenters. The molecule has 2 N–H and O–H groups in total. The van der Waals surface area contributed by atoms with Gasteiger partial charge < -0.3 is 10.2 Å². The third-order valence-corrected chi connectivity index (χ3v) is 3.26. The second kappa shape index (κ2) is 5.14. The molecule has 0 saturated carbocycles. The third kappa shape index (κ3) is 3.53. The number of aliphatic carboxylic acids is 2. The summed E-state index contributed by atoms with van der Waals surface area (Å²) in [6.45, 7) is 6.86. The maximum Gasteiger partial charge on any atom is 0.309 e. The van der Waals surface area contributed by atoms with Gasteiger partial charge in [0.2, 0.25) is 0 Å². The topological polar surface area (TPSA) is 74.6 Å². The van der Waals surface area contributed by atoms with E-state index in [4.69, 9.17) is 10.2 Å². The molecular formula is C11H20O4. The van der Waals surface area contributed by atoms with Crippen LogP contribution in [-0.2, 0) is 9.59 Å². The predicted octanol–water partition coefficient (Wildman–Crippen LogP) is 2.23. The van der Waals surface area contributed by atoms with Crippen LogP contribution in [0.5, 0.6) is 0 Å². The molecule has 2 atom stereocenters. The van der Waals surface area contributed by atoms with E-state index in [1.54, 1.807) is 27.7 Å². The van der Waals surface area contributed by atoms with Crippen molar-refractivity contribution in [2.75, 3.05) is 0 Å². The number of rotatable bonds is 6. The Morgan fingerprint density at radius 2 is 1.73 bits per heavy atom. The number of carbonyl (C=O) groups is 2. The van der Waals surface area contributed by atoms with E-state index in [-0.39, 0.29) is 5.92 Å². The molecule has 0 aliphatic rings. The maximum absolute atomic E-state index is 11.0. The first-order chi connectivity index (χ1) is 6.73. The Hall–Kier alpha value is -1.06. The minimum atomic E-state index is -0.879. The van der Waals surface area contributed by atoms with E-state index in [1.807, 2.05) is 0 Å². The molecule has 88 valence electrons. The second-order valence-electron chi connectivity index (χ2n) is 4.61. The first kappa shape index (κ1) is 13.9. The summed E-state index contributed by atoms with van der Waals surface area (Å²) in [5.74, 6) is -2.32. The summed E-state index contributed by atoms with van der Waals surface area (Å²) >= 11 is 0. The average Bonchev–Trinajstić information content (AvgIpc) is 2.12. The van der Waals surface area contributed by atoms with Crippen molar-refractivity contribution in [1.82, 2.24) is 0 Å². The summed E-state index contributed by atoms with van der Waals surface area (Å²) in [6.07, 6.45) is 0.945. The first-order valence-electron chi connectivity index (χ1n) is 5.19. The lowest BCUT2D eigenvalue weighted by molar-refractivity contribution is -0.152. The standard InChI is InChI=1S/C11H20O4/c1-5-8(9(12)13)6-7(2)11(3,4)10(14)15/h7-8H,5-6H2,1-4H3,(H,12,13)(H,14,15). The van der Waals surface area contributed by atoms with Gasteiger partial charge in [-0.25, -0.2) is 0 Å². The van der Waals surface area contributed by atoms with Crippen LogP contribution in [0, 0.1) is 17.3 Å². The maximum atomic E-state index is 11.0. The van der Waals surface area contributed by atoms with Crippen molar-refractivity contribution in [1.29, 1.82) is 0 Å². The van der Waals surface area contributed by atoms with E-state index < -0.39 is 23.3 Å². The van der Waals surface area contributed by atoms with Gasteiger partial charge in [-0.05, 0) is 32.6 Å². The summed E-state index contributed by atoms with van der Waals surface area (Å²) in [5, 5.41) is 17.9. The molecule has 0 aromatic carbocycles. The minimum Gasteiger partial charge on any atom is -0.481 e. The Labute approximate surface area is 90.3 Å². The van der Waals surface area contributed by atoms with Gasteiger partial charge >= 0.3 is 11.9 Å². The fourth-order valence-corrected chi connectivity index (χ4v) is 1.37. The van der Waals surface area contributed by atoms with Crippen LogP contribution in [0.25, 0.3) is 0 Å². The number of carboxylic acid groups (broad SMARTS) is 2. The van der Waals surface area contributed by atoms with Gasteiger partial charge in [-0.3, -0.25) is 9.59 Å². The molecule has 0 saturated heterocycles. The van der Waals surface area contributed by atoms with Crippen molar-refractivity contribution >= 4 is 11.9 Å². The van der Waals surface area contributed by atoms with Crippen molar-refractivity contribution < 1.29 is 19.8 Å². The molecule has 4 nitrogen and oxygen atoms in total. The lowest BCUT2D eigenvalue weighted by Gasteiger charge is -2.28. The molecule has 0 aliphatic carbocycles. The van der Waals surface area contributed by atoms with Gasteiger partial charge in [-0.2, -0.15) is 0 Å². The van der Waals surface area contributed by atoms with E-state index in [0.717, 1.165) is 0 Å². The van der Waals surface area contributed by atoms with Crippen molar-refractivity contribution in [3.8, 4) is 0 Å². The minimum absolute atomic E-state index is 0.156. The molecule has 0 radical (unpaired) electrons. The first-order valence-corrected chi connectivity index (χ1v) is 5.19. The Balaban J connectivity index is 4.53. The average molecular weight is 216 g/mol. The van der Waals surface area contributed by atoms with Crippen molar-refractivity contribution in [3.63, 3.8) is 0 Å². The molecule has 4 heteroatoms. The molecular weight excluding hydrogens is 196 g/mol. The predicted molar refractivity (Wildman–Crippen MR) is 56.6 cm³/mol. The summed E-state index contributed by atoms with van der Waals surface area (Å²) in [4.78, 5) is 21.8. The van der Waals surface area contributed by atoms with Gasteiger partial charge in [-0.15, -0.1) is 0 Å². The van der Waals surface area contributed by atoms with E-state index in [0.29, 0.717) is 12.8 Å². The molecule has 0 aromatic rings. The third-order valence-electron chi connectivity index (χ3n) is 3.26. The van der Waals surface area contributed by atoms with Gasteiger partial charge in [0.05, 0.1) is 11.3 Å². The van der Waals surface area contributed by atoms with Gasteiger partial charge in [0.15, 0.2) is 0 Å². The Morgan fingerprint density at radius 1 is 1.27 bits per heavy atom. The molecule has 0 aromatic heterocycles. The van der Waals surface area contributed by atoms with E-state index >= 15 is 0 Å². The van der Waals surface area contributed by atoms with Crippen LogP contribution in [0.2, 0.25) is 0 Å². The highest BCUT2D eigenvalue weighted by atomic mass is 16.4. The quantitative estimate of drug-likeness (QED) is 0.714. The van der Waals surface area contributed by atoms with E-state index in [1.165, 1.54) is 0 Å². The molecule has 0 amide bonds. The lowest BCUT2D eigenvalue weighted by Crippen LogP contribution is -2.33. The summed E-state index contributed by atoms with van der Waals surface area (Å²) in [6, 6.07) is 0. The molecule has 0 aliphatic heterocycles. The Kier molecular flexibility index (Phi) is 4.78. The van der Waals surface area contributed by atoms with Crippen LogP contribution in [-0.4, -0.2) is 22.2 Å². The highest BCUT2D eigenvalue weighted by Gasteiger charge is 2.35. The molecule has 0 heterocycles. The fraction of sp³-hybridized carbons (Fsp3) is 0.818. The van der Waals surface area contributed by atoms with Crippen LogP contribution in [0.3, 0.4) is 0 Å². The zero-order valence-corrected chi connectivity index (χ0v) is 9.78. The Bertz CT molecular complexity index is 245. The van der Waals surface area contributed by atoms with Crippen molar-refractivity contribution in [2.45, 2.75) is 40.5 Å². The number of carboxylic acids is 2. The van der Waals surface area contributed by atoms with Crippen LogP contribution in [0.4, 0.5) is 0 Å². The van der Waals surface area contributed by atoms with Gasteiger partial charge in [0.25, 0.3) is 0 Å². The van der Waals surface area contributed by atoms with E-state index in [9.17, 15) is 9.59 Å². The zero-order valence-electron chi connectivity index (χ0n) is 9.78. The number of hydrogen-bond acceptors (Lipinski definition) is 2. The van der Waals surface area contributed by atoms with Crippen LogP contribution >= 0.6 is 0 Å². The van der Waals surface area contributed by atoms with Crippen molar-refractivity contribution in [2.24, 2.45) is 17.3 Å². The van der Waals surface area contributed by atoms with Gasteiger partial charge in [0.1, 0.15) is 0 Å². The summed E-state index contributed by atoms with van der Waals surface area (Å²) in [7, 11) is 0. The van der Waals surface area contributed by atoms with E-state index in [2.05, 4.69) is 0 Å². The largest absolute Gasteiger partial charge is 0.481 e. The van der Waals surface area contributed by atoms with Crippen LogP contribution < -0.4 is 0 Å². The molecule has 0 rings (SSSR count). The SMILES string of the molecule is CCC(CC(C)C(C)(C)C(=O)O)C(=O)O. The molecule has 0 fully saturated rings. The van der Waals surface area contributed by atoms with Crippen LogP contribution in [0.1, 0.15) is 40.5 Å². The second-order valence-corrected chi connectivity index (χ2v) is 4.61. The highest BCUT2D eigenvalue weighted by Crippen LogP contribution is 2.32. The van der Waals surface area contributed by atoms with Crippen LogP contribution in [0.15, 0.2) is 0 Å². The molecule has 0 spiro atoms. The smallest absolute Gasteiger partial charge is 0.309 e. The highest BCUT2D eigenvalue weighted by molar-refractivity contribution is 5.74. The Morgan fingerprint density at radius 3 is 2.00 bits per heavy atom. The lowest BCUT2D eigenvalue weighted by atomic mass is 9.75. The molecule has 0 bridgehead atoms. The monoisotopic (exact) mass is 216 g/mol. The zero-order chi connectivity index (χ0) is 12.2. The summed E-state index contributed by atoms with van der Waals surface area (Å²) in [5.41, 5.74) is -0.872. The van der Waals surface area contributed by atoms with Crippen molar-refractivity contribution in [3.05, 3.63) is 0 Å². The summed E-state index contributed by atoms with van der Waals surface area (Å²) < 4.78 is 0. The normalized spacial score (nSPS) is 15.7. The van der Waals surface area contributed by atoms with Gasteiger partial charge in [-0.1, -0.05) is 13.8 Å². The number of hydrogen-bond donors (Lipinski definition) is 2.